The van der Waals surface area contributed by atoms with Crippen LogP contribution in [-0.4, -0.2) is 18.0 Å². The lowest BCUT2D eigenvalue weighted by atomic mass is 9.95. The second-order valence-corrected chi connectivity index (χ2v) is 9.48. The van der Waals surface area contributed by atoms with Crippen LogP contribution in [0.15, 0.2) is 40.8 Å². The number of amides is 1. The lowest BCUT2D eigenvalue weighted by Crippen LogP contribution is -2.17. The first-order valence-corrected chi connectivity index (χ1v) is 12.2. The molecule has 6 nitrogen and oxygen atoms in total. The summed E-state index contributed by atoms with van der Waals surface area (Å²) in [6, 6.07) is 11.2. The van der Waals surface area contributed by atoms with Gasteiger partial charge in [-0.3, -0.25) is 4.79 Å². The summed E-state index contributed by atoms with van der Waals surface area (Å²) in [6.07, 6.45) is 4.60. The van der Waals surface area contributed by atoms with Gasteiger partial charge in [-0.25, -0.2) is 4.79 Å². The van der Waals surface area contributed by atoms with Gasteiger partial charge in [0.05, 0.1) is 11.7 Å². The van der Waals surface area contributed by atoms with Gasteiger partial charge in [-0.05, 0) is 81.3 Å². The summed E-state index contributed by atoms with van der Waals surface area (Å²) < 4.78 is 16.9. The van der Waals surface area contributed by atoms with Crippen LogP contribution in [0.3, 0.4) is 0 Å². The Morgan fingerprint density at radius 3 is 2.58 bits per heavy atom. The molecule has 0 aliphatic heterocycles. The minimum atomic E-state index is -0.397. The highest BCUT2D eigenvalue weighted by Crippen LogP contribution is 2.39. The van der Waals surface area contributed by atoms with Gasteiger partial charge in [0.15, 0.2) is 5.76 Å². The molecule has 174 valence electrons. The number of hydrogen-bond donors (Lipinski definition) is 1. The van der Waals surface area contributed by atoms with Crippen molar-refractivity contribution < 1.29 is 23.5 Å². The molecule has 1 aliphatic rings. The third-order valence-electron chi connectivity index (χ3n) is 5.54. The van der Waals surface area contributed by atoms with Gasteiger partial charge in [0.1, 0.15) is 23.1 Å². The molecule has 2 aromatic heterocycles. The van der Waals surface area contributed by atoms with Gasteiger partial charge in [-0.2, -0.15) is 0 Å². The van der Waals surface area contributed by atoms with Gasteiger partial charge >= 0.3 is 5.97 Å². The predicted molar refractivity (Wildman–Crippen MR) is 128 cm³/mol. The highest BCUT2D eigenvalue weighted by molar-refractivity contribution is 7.17. The number of benzene rings is 1. The third-order valence-corrected chi connectivity index (χ3v) is 6.75. The van der Waals surface area contributed by atoms with Crippen molar-refractivity contribution in [1.82, 2.24) is 0 Å². The van der Waals surface area contributed by atoms with Crippen LogP contribution in [0.5, 0.6) is 5.75 Å². The van der Waals surface area contributed by atoms with E-state index < -0.39 is 5.91 Å². The van der Waals surface area contributed by atoms with Gasteiger partial charge in [0.2, 0.25) is 0 Å². The largest absolute Gasteiger partial charge is 0.486 e. The predicted octanol–water partition coefficient (Wildman–Crippen LogP) is 6.18. The number of carbonyl (C=O) groups excluding carboxylic acids is 2. The van der Waals surface area contributed by atoms with E-state index in [0.29, 0.717) is 16.3 Å². The van der Waals surface area contributed by atoms with E-state index in [1.54, 1.807) is 12.1 Å². The monoisotopic (exact) mass is 467 g/mol. The van der Waals surface area contributed by atoms with Crippen molar-refractivity contribution in [2.45, 2.75) is 65.6 Å². The van der Waals surface area contributed by atoms with E-state index in [9.17, 15) is 9.59 Å². The van der Waals surface area contributed by atoms with Gasteiger partial charge in [-0.1, -0.05) is 19.1 Å². The molecule has 1 N–H and O–H groups in total. The zero-order chi connectivity index (χ0) is 23.4. The molecule has 33 heavy (non-hydrogen) atoms. The van der Waals surface area contributed by atoms with E-state index in [0.717, 1.165) is 48.3 Å². The SMILES string of the molecule is CCc1ccc(OCc2ccc(C(=O)Nc3sc4c(c3C(=O)OC(C)C)CCCC4)o2)cc1. The van der Waals surface area contributed by atoms with Crippen molar-refractivity contribution in [2.75, 3.05) is 5.32 Å². The number of esters is 1. The van der Waals surface area contributed by atoms with Crippen LogP contribution in [0.1, 0.15) is 76.3 Å². The average Bonchev–Trinajstić information content (AvgIpc) is 3.42. The number of furan rings is 1. The molecule has 0 unspecified atom stereocenters. The lowest BCUT2D eigenvalue weighted by Gasteiger charge is -2.14. The fourth-order valence-electron chi connectivity index (χ4n) is 3.86. The average molecular weight is 468 g/mol. The molecule has 1 amide bonds. The van der Waals surface area contributed by atoms with Crippen molar-refractivity contribution in [3.63, 3.8) is 0 Å². The number of aryl methyl sites for hydroxylation is 2. The van der Waals surface area contributed by atoms with E-state index in [2.05, 4.69) is 12.2 Å². The molecular formula is C26H29NO5S. The van der Waals surface area contributed by atoms with Crippen LogP contribution < -0.4 is 10.1 Å². The molecule has 0 atom stereocenters. The Morgan fingerprint density at radius 2 is 1.85 bits per heavy atom. The van der Waals surface area contributed by atoms with E-state index in [-0.39, 0.29) is 24.4 Å². The molecule has 0 fully saturated rings. The zero-order valence-corrected chi connectivity index (χ0v) is 20.1. The van der Waals surface area contributed by atoms with Crippen LogP contribution in [0.4, 0.5) is 5.00 Å². The number of nitrogens with one attached hydrogen (secondary N) is 1. The van der Waals surface area contributed by atoms with Crippen molar-refractivity contribution in [3.8, 4) is 5.75 Å². The molecular weight excluding hydrogens is 438 g/mol. The Balaban J connectivity index is 1.45. The molecule has 3 aromatic rings. The zero-order valence-electron chi connectivity index (χ0n) is 19.2. The van der Waals surface area contributed by atoms with Gasteiger partial charge < -0.3 is 19.2 Å². The van der Waals surface area contributed by atoms with Crippen molar-refractivity contribution >= 4 is 28.2 Å². The number of anilines is 1. The topological polar surface area (TPSA) is 77.8 Å². The van der Waals surface area contributed by atoms with Crippen LogP contribution >= 0.6 is 11.3 Å². The molecule has 0 bridgehead atoms. The van der Waals surface area contributed by atoms with E-state index in [1.807, 2.05) is 38.1 Å². The Kier molecular flexibility index (Phi) is 7.18. The van der Waals surface area contributed by atoms with Crippen molar-refractivity contribution in [3.05, 3.63) is 69.5 Å². The minimum Gasteiger partial charge on any atom is -0.486 e. The maximum Gasteiger partial charge on any atom is 0.341 e. The summed E-state index contributed by atoms with van der Waals surface area (Å²) in [5, 5.41) is 3.41. The fourth-order valence-corrected chi connectivity index (χ4v) is 5.13. The van der Waals surface area contributed by atoms with Crippen molar-refractivity contribution in [2.24, 2.45) is 0 Å². The quantitative estimate of drug-likeness (QED) is 0.400. The molecule has 0 spiro atoms. The summed E-state index contributed by atoms with van der Waals surface area (Å²) in [6.45, 7) is 5.96. The summed E-state index contributed by atoms with van der Waals surface area (Å²) >= 11 is 1.46. The standard InChI is InChI=1S/C26H29NO5S/c1-4-17-9-11-18(12-10-17)30-15-19-13-14-21(32-19)24(28)27-25-23(26(29)31-16(2)3)20-7-5-6-8-22(20)33-25/h9-14,16H,4-8,15H2,1-3H3,(H,27,28). The van der Waals surface area contributed by atoms with Crippen LogP contribution in [0.25, 0.3) is 0 Å². The Hall–Kier alpha value is -3.06. The molecule has 0 saturated heterocycles. The second kappa shape index (κ2) is 10.3. The maximum atomic E-state index is 12.9. The summed E-state index contributed by atoms with van der Waals surface area (Å²) in [4.78, 5) is 26.8. The smallest absolute Gasteiger partial charge is 0.341 e. The van der Waals surface area contributed by atoms with Crippen LogP contribution in [0.2, 0.25) is 0 Å². The molecule has 4 rings (SSSR count). The number of thiophene rings is 1. The van der Waals surface area contributed by atoms with Crippen LogP contribution in [-0.2, 0) is 30.6 Å². The van der Waals surface area contributed by atoms with E-state index in [1.165, 1.54) is 16.9 Å². The Morgan fingerprint density at radius 1 is 1.09 bits per heavy atom. The molecule has 7 heteroatoms. The summed E-state index contributed by atoms with van der Waals surface area (Å²) in [5.74, 6) is 0.675. The maximum absolute atomic E-state index is 12.9. The molecule has 1 aliphatic carbocycles. The third kappa shape index (κ3) is 5.47. The molecule has 0 radical (unpaired) electrons. The first-order chi connectivity index (χ1) is 15.9. The van der Waals surface area contributed by atoms with Gasteiger partial charge in [0.25, 0.3) is 5.91 Å². The Bertz CT molecular complexity index is 1130. The number of hydrogen-bond acceptors (Lipinski definition) is 6. The number of carbonyl (C=O) groups is 2. The number of ether oxygens (including phenoxy) is 2. The summed E-state index contributed by atoms with van der Waals surface area (Å²) in [7, 11) is 0. The molecule has 2 heterocycles. The summed E-state index contributed by atoms with van der Waals surface area (Å²) in [5.41, 5.74) is 2.74. The highest BCUT2D eigenvalue weighted by Gasteiger charge is 2.28. The van der Waals surface area contributed by atoms with Crippen LogP contribution in [0, 0.1) is 0 Å². The molecule has 0 saturated carbocycles. The van der Waals surface area contributed by atoms with Crippen molar-refractivity contribution in [1.29, 1.82) is 0 Å². The number of rotatable bonds is 8. The van der Waals surface area contributed by atoms with E-state index >= 15 is 0 Å². The molecule has 1 aromatic carbocycles. The minimum absolute atomic E-state index is 0.171. The number of fused-ring (bicyclic) bond motifs is 1. The first-order valence-electron chi connectivity index (χ1n) is 11.4. The van der Waals surface area contributed by atoms with Gasteiger partial charge in [0, 0.05) is 4.88 Å². The normalized spacial score (nSPS) is 13.0. The van der Waals surface area contributed by atoms with Gasteiger partial charge in [-0.15, -0.1) is 11.3 Å². The second-order valence-electron chi connectivity index (χ2n) is 8.38. The highest BCUT2D eigenvalue weighted by atomic mass is 32.1. The Labute approximate surface area is 197 Å². The first kappa shape index (κ1) is 23.1. The fraction of sp³-hybridized carbons (Fsp3) is 0.385. The van der Waals surface area contributed by atoms with E-state index in [4.69, 9.17) is 13.9 Å². The lowest BCUT2D eigenvalue weighted by molar-refractivity contribution is 0.0378.